The van der Waals surface area contributed by atoms with Crippen LogP contribution in [0.5, 0.6) is 0 Å². The Morgan fingerprint density at radius 2 is 2.00 bits per heavy atom. The lowest BCUT2D eigenvalue weighted by Crippen LogP contribution is -2.16. The summed E-state index contributed by atoms with van der Waals surface area (Å²) in [5.74, 6) is 1.13. The van der Waals surface area contributed by atoms with Gasteiger partial charge >= 0.3 is 0 Å². The first-order chi connectivity index (χ1) is 13.7. The normalized spacial score (nSPS) is 13.5. The van der Waals surface area contributed by atoms with E-state index in [-0.39, 0.29) is 5.91 Å². The molecular formula is C21H23N5OS. The fourth-order valence-corrected chi connectivity index (χ4v) is 4.05. The number of aryl methyl sites for hydroxylation is 2. The molecule has 1 aliphatic rings. The van der Waals surface area contributed by atoms with Crippen molar-refractivity contribution in [2.24, 2.45) is 0 Å². The van der Waals surface area contributed by atoms with E-state index in [4.69, 9.17) is 0 Å². The first-order valence-corrected chi connectivity index (χ1v) is 10.5. The summed E-state index contributed by atoms with van der Waals surface area (Å²) < 4.78 is 2.17. The van der Waals surface area contributed by atoms with Gasteiger partial charge in [0.2, 0.25) is 5.91 Å². The highest BCUT2D eigenvalue weighted by molar-refractivity contribution is 7.99. The summed E-state index contributed by atoms with van der Waals surface area (Å²) in [7, 11) is 0. The zero-order valence-corrected chi connectivity index (χ0v) is 16.9. The number of carbonyl (C=O) groups excluding carboxylic acids is 1. The molecule has 7 heteroatoms. The second kappa shape index (κ2) is 8.14. The molecule has 1 aliphatic carbocycles. The van der Waals surface area contributed by atoms with Crippen LogP contribution in [0.25, 0.3) is 11.4 Å². The van der Waals surface area contributed by atoms with Gasteiger partial charge in [-0.05, 0) is 49.4 Å². The number of rotatable bonds is 7. The van der Waals surface area contributed by atoms with Crippen molar-refractivity contribution in [2.45, 2.75) is 44.3 Å². The summed E-state index contributed by atoms with van der Waals surface area (Å²) in [5, 5.41) is 12.6. The third-order valence-electron chi connectivity index (χ3n) is 4.85. The maximum Gasteiger partial charge on any atom is 0.234 e. The lowest BCUT2D eigenvalue weighted by Gasteiger charge is -2.13. The van der Waals surface area contributed by atoms with E-state index in [0.717, 1.165) is 52.6 Å². The molecule has 1 saturated carbocycles. The molecule has 6 nitrogen and oxygen atoms in total. The summed E-state index contributed by atoms with van der Waals surface area (Å²) in [4.78, 5) is 16.7. The molecule has 2 heterocycles. The van der Waals surface area contributed by atoms with Gasteiger partial charge < -0.3 is 5.32 Å². The van der Waals surface area contributed by atoms with E-state index < -0.39 is 0 Å². The number of benzene rings is 1. The van der Waals surface area contributed by atoms with Crippen LogP contribution in [0, 0.1) is 6.92 Å². The number of hydrogen-bond acceptors (Lipinski definition) is 5. The zero-order valence-electron chi connectivity index (χ0n) is 16.1. The van der Waals surface area contributed by atoms with E-state index in [0.29, 0.717) is 11.8 Å². The van der Waals surface area contributed by atoms with Gasteiger partial charge in [-0.25, -0.2) is 0 Å². The number of amides is 1. The minimum atomic E-state index is -0.0233. The number of nitrogens with one attached hydrogen (secondary N) is 1. The Morgan fingerprint density at radius 1 is 1.21 bits per heavy atom. The van der Waals surface area contributed by atoms with E-state index in [1.807, 2.05) is 31.2 Å². The molecule has 0 bridgehead atoms. The molecule has 4 rings (SSSR count). The maximum atomic E-state index is 12.6. The SMILES string of the molecule is CCc1cccc(C)c1NC(=O)CSc1nnc(-c2ccncc2)n1C1CC1. The van der Waals surface area contributed by atoms with Crippen LogP contribution in [0.3, 0.4) is 0 Å². The fraction of sp³-hybridized carbons (Fsp3) is 0.333. The van der Waals surface area contributed by atoms with Crippen LogP contribution in [0.15, 0.2) is 47.9 Å². The smallest absolute Gasteiger partial charge is 0.234 e. The summed E-state index contributed by atoms with van der Waals surface area (Å²) >= 11 is 1.44. The van der Waals surface area contributed by atoms with Gasteiger partial charge in [-0.2, -0.15) is 0 Å². The van der Waals surface area contributed by atoms with Crippen LogP contribution in [0.4, 0.5) is 5.69 Å². The fourth-order valence-electron chi connectivity index (χ4n) is 3.24. The van der Waals surface area contributed by atoms with Crippen molar-refractivity contribution < 1.29 is 4.79 Å². The molecule has 144 valence electrons. The highest BCUT2D eigenvalue weighted by Gasteiger charge is 2.30. The minimum Gasteiger partial charge on any atom is -0.325 e. The van der Waals surface area contributed by atoms with Gasteiger partial charge in [0.15, 0.2) is 11.0 Å². The molecule has 28 heavy (non-hydrogen) atoms. The van der Waals surface area contributed by atoms with E-state index in [1.54, 1.807) is 12.4 Å². The van der Waals surface area contributed by atoms with Crippen molar-refractivity contribution in [3.8, 4) is 11.4 Å². The van der Waals surface area contributed by atoms with Crippen molar-refractivity contribution in [3.05, 3.63) is 53.9 Å². The molecule has 1 fully saturated rings. The zero-order chi connectivity index (χ0) is 19.5. The molecular weight excluding hydrogens is 370 g/mol. The number of pyridine rings is 1. The predicted molar refractivity (Wildman–Crippen MR) is 111 cm³/mol. The Labute approximate surface area is 168 Å². The highest BCUT2D eigenvalue weighted by Crippen LogP contribution is 2.41. The third-order valence-corrected chi connectivity index (χ3v) is 5.79. The standard InChI is InChI=1S/C21H23N5OS/c1-3-15-6-4-5-14(2)19(15)23-18(27)13-28-21-25-24-20(26(21)17-7-8-17)16-9-11-22-12-10-16/h4-6,9-12,17H,3,7-8,13H2,1-2H3,(H,23,27). The number of thioether (sulfide) groups is 1. The molecule has 1 amide bonds. The number of nitrogens with zero attached hydrogens (tertiary/aromatic N) is 4. The molecule has 0 radical (unpaired) electrons. The van der Waals surface area contributed by atoms with Crippen molar-refractivity contribution in [1.29, 1.82) is 0 Å². The first kappa shape index (κ1) is 18.7. The van der Waals surface area contributed by atoms with Gasteiger partial charge in [0, 0.05) is 29.7 Å². The Bertz CT molecular complexity index is 982. The number of carbonyl (C=O) groups is 1. The van der Waals surface area contributed by atoms with Crippen molar-refractivity contribution >= 4 is 23.4 Å². The molecule has 0 spiro atoms. The predicted octanol–water partition coefficient (Wildman–Crippen LogP) is 4.28. The second-order valence-electron chi connectivity index (χ2n) is 6.94. The van der Waals surface area contributed by atoms with Gasteiger partial charge in [0.25, 0.3) is 0 Å². The van der Waals surface area contributed by atoms with Gasteiger partial charge in [-0.1, -0.05) is 36.9 Å². The van der Waals surface area contributed by atoms with Gasteiger partial charge in [0.05, 0.1) is 5.75 Å². The molecule has 0 aliphatic heterocycles. The number of para-hydroxylation sites is 1. The molecule has 3 aromatic rings. The van der Waals surface area contributed by atoms with Gasteiger partial charge in [0.1, 0.15) is 0 Å². The average molecular weight is 394 g/mol. The number of hydrogen-bond donors (Lipinski definition) is 1. The van der Waals surface area contributed by atoms with E-state index in [2.05, 4.69) is 38.1 Å². The summed E-state index contributed by atoms with van der Waals surface area (Å²) in [6.07, 6.45) is 6.65. The van der Waals surface area contributed by atoms with Crippen LogP contribution in [-0.4, -0.2) is 31.4 Å². The molecule has 0 unspecified atom stereocenters. The highest BCUT2D eigenvalue weighted by atomic mass is 32.2. The second-order valence-corrected chi connectivity index (χ2v) is 7.89. The minimum absolute atomic E-state index is 0.0233. The van der Waals surface area contributed by atoms with Crippen molar-refractivity contribution in [3.63, 3.8) is 0 Å². The molecule has 1 aromatic carbocycles. The Morgan fingerprint density at radius 3 is 2.71 bits per heavy atom. The monoisotopic (exact) mass is 393 g/mol. The van der Waals surface area contributed by atoms with Crippen LogP contribution in [0.1, 0.15) is 36.9 Å². The van der Waals surface area contributed by atoms with Crippen molar-refractivity contribution in [1.82, 2.24) is 19.7 Å². The third kappa shape index (κ3) is 3.94. The van der Waals surface area contributed by atoms with E-state index in [9.17, 15) is 4.79 Å². The lowest BCUT2D eigenvalue weighted by atomic mass is 10.1. The van der Waals surface area contributed by atoms with Gasteiger partial charge in [-0.3, -0.25) is 14.3 Å². The molecule has 2 aromatic heterocycles. The van der Waals surface area contributed by atoms with Crippen LogP contribution >= 0.6 is 11.8 Å². The van der Waals surface area contributed by atoms with Crippen molar-refractivity contribution in [2.75, 3.05) is 11.1 Å². The average Bonchev–Trinajstić information content (AvgIpc) is 3.47. The number of anilines is 1. The largest absolute Gasteiger partial charge is 0.325 e. The van der Waals surface area contributed by atoms with E-state index >= 15 is 0 Å². The van der Waals surface area contributed by atoms with E-state index in [1.165, 1.54) is 11.8 Å². The lowest BCUT2D eigenvalue weighted by molar-refractivity contribution is -0.113. The summed E-state index contributed by atoms with van der Waals surface area (Å²) in [5.41, 5.74) is 4.16. The maximum absolute atomic E-state index is 12.6. The number of aromatic nitrogens is 4. The quantitative estimate of drug-likeness (QED) is 0.607. The summed E-state index contributed by atoms with van der Waals surface area (Å²) in [6.45, 7) is 4.12. The van der Waals surface area contributed by atoms with Crippen LogP contribution in [-0.2, 0) is 11.2 Å². The Kier molecular flexibility index (Phi) is 5.43. The first-order valence-electron chi connectivity index (χ1n) is 9.53. The molecule has 0 saturated heterocycles. The summed E-state index contributed by atoms with van der Waals surface area (Å²) in [6, 6.07) is 10.4. The van der Waals surface area contributed by atoms with Crippen LogP contribution < -0.4 is 5.32 Å². The van der Waals surface area contributed by atoms with Gasteiger partial charge in [-0.15, -0.1) is 10.2 Å². The molecule has 0 atom stereocenters. The van der Waals surface area contributed by atoms with Crippen LogP contribution in [0.2, 0.25) is 0 Å². The molecule has 1 N–H and O–H groups in total. The topological polar surface area (TPSA) is 72.7 Å². The Hall–Kier alpha value is -2.67. The Balaban J connectivity index is 1.49.